The van der Waals surface area contributed by atoms with Gasteiger partial charge in [-0.05, 0) is 43.0 Å². The fraction of sp³-hybridized carbons (Fsp3) is 0.643. The van der Waals surface area contributed by atoms with E-state index >= 15 is 0 Å². The maximum Gasteiger partial charge on any atom is 0.317 e. The van der Waals surface area contributed by atoms with Crippen LogP contribution in [0.1, 0.15) is 37.5 Å². The molecule has 1 heterocycles. The molecule has 0 aromatic carbocycles. The first-order valence-corrected chi connectivity index (χ1v) is 7.58. The summed E-state index contributed by atoms with van der Waals surface area (Å²) in [5, 5.41) is 5.03. The molecule has 1 saturated carbocycles. The highest BCUT2D eigenvalue weighted by atomic mass is 32.1. The van der Waals surface area contributed by atoms with Gasteiger partial charge in [-0.3, -0.25) is 0 Å². The largest absolute Gasteiger partial charge is 0.333 e. The number of hydrogen-bond acceptors (Lipinski definition) is 2. The Labute approximate surface area is 113 Å². The summed E-state index contributed by atoms with van der Waals surface area (Å²) >= 11 is 1.68. The van der Waals surface area contributed by atoms with Crippen molar-refractivity contribution in [1.82, 2.24) is 10.2 Å². The number of urea groups is 1. The van der Waals surface area contributed by atoms with Crippen molar-refractivity contribution >= 4 is 17.4 Å². The average molecular weight is 266 g/mol. The van der Waals surface area contributed by atoms with E-state index in [9.17, 15) is 4.79 Å². The lowest BCUT2D eigenvalue weighted by molar-refractivity contribution is 0.163. The molecular weight excluding hydrogens is 244 g/mol. The third-order valence-electron chi connectivity index (χ3n) is 3.85. The normalized spacial score (nSPS) is 23.7. The number of carbonyl (C=O) groups excluding carboxylic acids is 1. The quantitative estimate of drug-likeness (QED) is 0.892. The zero-order valence-corrected chi connectivity index (χ0v) is 12.0. The predicted octanol–water partition coefficient (Wildman–Crippen LogP) is 3.47. The molecule has 1 aromatic rings. The molecule has 2 rings (SSSR count). The summed E-state index contributed by atoms with van der Waals surface area (Å²) < 4.78 is 0. The van der Waals surface area contributed by atoms with E-state index in [4.69, 9.17) is 0 Å². The topological polar surface area (TPSA) is 32.3 Å². The van der Waals surface area contributed by atoms with Crippen LogP contribution >= 0.6 is 11.3 Å². The van der Waals surface area contributed by atoms with Gasteiger partial charge in [-0.2, -0.15) is 0 Å². The molecule has 1 aliphatic rings. The third-order valence-corrected chi connectivity index (χ3v) is 4.72. The molecule has 0 radical (unpaired) electrons. The lowest BCUT2D eigenvalue weighted by atomic mass is 9.87. The summed E-state index contributed by atoms with van der Waals surface area (Å²) in [7, 11) is 1.92. The van der Waals surface area contributed by atoms with Gasteiger partial charge in [0.15, 0.2) is 0 Å². The maximum atomic E-state index is 12.0. The number of hydrogen-bond donors (Lipinski definition) is 1. The average Bonchev–Trinajstić information content (AvgIpc) is 2.89. The summed E-state index contributed by atoms with van der Waals surface area (Å²) in [5.74, 6) is 0.823. The van der Waals surface area contributed by atoms with Gasteiger partial charge in [-0.25, -0.2) is 4.79 Å². The second-order valence-electron chi connectivity index (χ2n) is 5.26. The molecule has 1 N–H and O–H groups in total. The molecule has 1 aliphatic carbocycles. The lowest BCUT2D eigenvalue weighted by Crippen LogP contribution is -2.44. The van der Waals surface area contributed by atoms with Gasteiger partial charge in [-0.15, -0.1) is 11.3 Å². The molecule has 4 heteroatoms. The Kier molecular flexibility index (Phi) is 4.64. The smallest absolute Gasteiger partial charge is 0.317 e. The predicted molar refractivity (Wildman–Crippen MR) is 75.7 cm³/mol. The van der Waals surface area contributed by atoms with Gasteiger partial charge in [0, 0.05) is 18.0 Å². The second kappa shape index (κ2) is 6.23. The number of nitrogens with one attached hydrogen (secondary N) is 1. The highest BCUT2D eigenvalue weighted by molar-refractivity contribution is 7.09. The van der Waals surface area contributed by atoms with Crippen LogP contribution in [0, 0.1) is 5.92 Å². The molecule has 0 bridgehead atoms. The molecule has 0 unspecified atom stereocenters. The van der Waals surface area contributed by atoms with E-state index in [1.165, 1.54) is 17.7 Å². The van der Waals surface area contributed by atoms with Crippen molar-refractivity contribution in [3.05, 3.63) is 22.4 Å². The van der Waals surface area contributed by atoms with Crippen molar-refractivity contribution < 1.29 is 4.79 Å². The standard InChI is InChI=1S/C14H22N2OS/c1-11-5-7-12(8-6-11)16(2)14(17)15-10-13-4-3-9-18-13/h3-4,9,11-12H,5-8,10H2,1-2H3,(H,15,17). The highest BCUT2D eigenvalue weighted by Crippen LogP contribution is 2.26. The minimum atomic E-state index is 0.0583. The van der Waals surface area contributed by atoms with Crippen molar-refractivity contribution in [2.45, 2.75) is 45.2 Å². The third kappa shape index (κ3) is 3.48. The van der Waals surface area contributed by atoms with Crippen molar-refractivity contribution in [1.29, 1.82) is 0 Å². The molecule has 0 atom stereocenters. The Bertz CT molecular complexity index is 369. The summed E-state index contributed by atoms with van der Waals surface area (Å²) in [6.07, 6.45) is 4.77. The van der Waals surface area contributed by atoms with Crippen molar-refractivity contribution in [3.8, 4) is 0 Å². The Morgan fingerprint density at radius 2 is 2.17 bits per heavy atom. The number of rotatable bonds is 3. The van der Waals surface area contributed by atoms with Crippen LogP contribution in [0.15, 0.2) is 17.5 Å². The van der Waals surface area contributed by atoms with E-state index < -0.39 is 0 Å². The van der Waals surface area contributed by atoms with Crippen molar-refractivity contribution in [2.75, 3.05) is 7.05 Å². The van der Waals surface area contributed by atoms with Gasteiger partial charge in [0.2, 0.25) is 0 Å². The van der Waals surface area contributed by atoms with Gasteiger partial charge in [0.05, 0.1) is 6.54 Å². The first-order valence-electron chi connectivity index (χ1n) is 6.70. The summed E-state index contributed by atoms with van der Waals surface area (Å²) in [6, 6.07) is 4.54. The summed E-state index contributed by atoms with van der Waals surface area (Å²) in [6.45, 7) is 2.94. The Morgan fingerprint density at radius 1 is 1.44 bits per heavy atom. The van der Waals surface area contributed by atoms with Gasteiger partial charge in [0.25, 0.3) is 0 Å². The fourth-order valence-electron chi connectivity index (χ4n) is 2.50. The highest BCUT2D eigenvalue weighted by Gasteiger charge is 2.24. The van der Waals surface area contributed by atoms with E-state index in [2.05, 4.69) is 12.2 Å². The maximum absolute atomic E-state index is 12.0. The first-order chi connectivity index (χ1) is 8.66. The summed E-state index contributed by atoms with van der Waals surface area (Å²) in [4.78, 5) is 15.1. The number of carbonyl (C=O) groups is 1. The summed E-state index contributed by atoms with van der Waals surface area (Å²) in [5.41, 5.74) is 0. The minimum absolute atomic E-state index is 0.0583. The van der Waals surface area contributed by atoms with Crippen LogP contribution in [0.4, 0.5) is 4.79 Å². The van der Waals surface area contributed by atoms with Crippen LogP contribution < -0.4 is 5.32 Å². The van der Waals surface area contributed by atoms with E-state index in [1.54, 1.807) is 11.3 Å². The van der Waals surface area contributed by atoms with Gasteiger partial charge in [-0.1, -0.05) is 13.0 Å². The van der Waals surface area contributed by atoms with Crippen LogP contribution in [0.2, 0.25) is 0 Å². The monoisotopic (exact) mass is 266 g/mol. The molecule has 0 saturated heterocycles. The molecule has 3 nitrogen and oxygen atoms in total. The van der Waals surface area contributed by atoms with Crippen LogP contribution in [0.3, 0.4) is 0 Å². The molecule has 2 amide bonds. The van der Waals surface area contributed by atoms with E-state index in [0.717, 1.165) is 18.8 Å². The number of nitrogens with zero attached hydrogens (tertiary/aromatic N) is 1. The van der Waals surface area contributed by atoms with Gasteiger partial charge >= 0.3 is 6.03 Å². The van der Waals surface area contributed by atoms with E-state index in [-0.39, 0.29) is 6.03 Å². The molecule has 0 aliphatic heterocycles. The van der Waals surface area contributed by atoms with Crippen LogP contribution in [0.25, 0.3) is 0 Å². The van der Waals surface area contributed by atoms with Crippen LogP contribution in [-0.4, -0.2) is 24.0 Å². The Balaban J connectivity index is 1.77. The van der Waals surface area contributed by atoms with Crippen LogP contribution in [-0.2, 0) is 6.54 Å². The molecule has 1 fully saturated rings. The second-order valence-corrected chi connectivity index (χ2v) is 6.29. The SMILES string of the molecule is CC1CCC(N(C)C(=O)NCc2cccs2)CC1. The zero-order chi connectivity index (χ0) is 13.0. The Morgan fingerprint density at radius 3 is 2.78 bits per heavy atom. The molecule has 100 valence electrons. The molecular formula is C14H22N2OS. The van der Waals surface area contributed by atoms with Gasteiger partial charge in [0.1, 0.15) is 0 Å². The van der Waals surface area contributed by atoms with Crippen molar-refractivity contribution in [3.63, 3.8) is 0 Å². The number of thiophene rings is 1. The zero-order valence-electron chi connectivity index (χ0n) is 11.2. The molecule has 0 spiro atoms. The molecule has 18 heavy (non-hydrogen) atoms. The minimum Gasteiger partial charge on any atom is -0.333 e. The lowest BCUT2D eigenvalue weighted by Gasteiger charge is -2.33. The number of amides is 2. The Hall–Kier alpha value is -1.03. The van der Waals surface area contributed by atoms with Crippen molar-refractivity contribution in [2.24, 2.45) is 5.92 Å². The first kappa shape index (κ1) is 13.4. The fourth-order valence-corrected chi connectivity index (χ4v) is 3.14. The van der Waals surface area contributed by atoms with Gasteiger partial charge < -0.3 is 10.2 Å². The van der Waals surface area contributed by atoms with E-state index in [1.807, 2.05) is 29.5 Å². The van der Waals surface area contributed by atoms with Crippen LogP contribution in [0.5, 0.6) is 0 Å². The molecule has 1 aromatic heterocycles. The van der Waals surface area contributed by atoms with E-state index in [0.29, 0.717) is 12.6 Å².